The summed E-state index contributed by atoms with van der Waals surface area (Å²) >= 11 is 8.97. The van der Waals surface area contributed by atoms with Gasteiger partial charge in [0.25, 0.3) is 0 Å². The molecule has 0 fully saturated rings. The van der Waals surface area contributed by atoms with Crippen molar-refractivity contribution in [1.82, 2.24) is 4.98 Å². The average Bonchev–Trinajstić information content (AvgIpc) is 2.59. The third kappa shape index (κ3) is 1.57. The fourth-order valence-corrected chi connectivity index (χ4v) is 1.88. The van der Waals surface area contributed by atoms with Crippen molar-refractivity contribution in [3.63, 3.8) is 0 Å². The Balaban J connectivity index is 2.64. The Bertz CT molecular complexity index is 492. The largest absolute Gasteiger partial charge is 0.360 e. The lowest BCUT2D eigenvalue weighted by atomic mass is 10.1. The highest BCUT2D eigenvalue weighted by atomic mass is 79.9. The number of carbonyl (C=O) groups excluding carboxylic acids is 1. The predicted octanol–water partition coefficient (Wildman–Crippen LogP) is 3.40. The molecule has 1 heterocycles. The van der Waals surface area contributed by atoms with E-state index in [0.29, 0.717) is 15.9 Å². The van der Waals surface area contributed by atoms with Crippen molar-refractivity contribution >= 4 is 44.2 Å². The first-order valence-corrected chi connectivity index (χ1v) is 5.58. The molecule has 2 rings (SSSR count). The topological polar surface area (TPSA) is 32.9 Å². The Morgan fingerprint density at radius 3 is 3.00 bits per heavy atom. The van der Waals surface area contributed by atoms with Gasteiger partial charge in [-0.3, -0.25) is 4.79 Å². The molecule has 2 aromatic rings. The maximum absolute atomic E-state index is 11.5. The standard InChI is InChI=1S/C10H7BrClNO/c11-4-10(14)8-5-13-9-3-6(12)1-2-7(8)9/h1-3,5,13H,4H2. The number of fused-ring (bicyclic) bond motifs is 1. The van der Waals surface area contributed by atoms with E-state index in [4.69, 9.17) is 11.6 Å². The lowest BCUT2D eigenvalue weighted by molar-refractivity contribution is 0.102. The fraction of sp³-hybridized carbons (Fsp3) is 0.100. The Kier molecular flexibility index (Phi) is 2.61. The fourth-order valence-electron chi connectivity index (χ4n) is 1.40. The van der Waals surface area contributed by atoms with Gasteiger partial charge in [-0.15, -0.1) is 0 Å². The summed E-state index contributed by atoms with van der Waals surface area (Å²) in [5.74, 6) is 0.0681. The summed E-state index contributed by atoms with van der Waals surface area (Å²) in [6, 6.07) is 5.44. The highest BCUT2D eigenvalue weighted by molar-refractivity contribution is 9.09. The third-order valence-corrected chi connectivity index (χ3v) is 2.81. The normalized spacial score (nSPS) is 10.7. The summed E-state index contributed by atoms with van der Waals surface area (Å²) in [6.45, 7) is 0. The van der Waals surface area contributed by atoms with Gasteiger partial charge < -0.3 is 4.98 Å². The van der Waals surface area contributed by atoms with Gasteiger partial charge in [-0.2, -0.15) is 0 Å². The van der Waals surface area contributed by atoms with E-state index in [9.17, 15) is 4.79 Å². The zero-order chi connectivity index (χ0) is 10.1. The molecule has 0 atom stereocenters. The lowest BCUT2D eigenvalue weighted by Crippen LogP contribution is -1.97. The minimum absolute atomic E-state index is 0.0681. The van der Waals surface area contributed by atoms with Gasteiger partial charge in [-0.25, -0.2) is 0 Å². The molecule has 1 aromatic carbocycles. The van der Waals surface area contributed by atoms with Crippen LogP contribution >= 0.6 is 27.5 Å². The van der Waals surface area contributed by atoms with Crippen LogP contribution in [0.1, 0.15) is 10.4 Å². The molecule has 72 valence electrons. The van der Waals surface area contributed by atoms with E-state index in [0.717, 1.165) is 10.9 Å². The minimum atomic E-state index is 0.0681. The number of ketones is 1. The summed E-state index contributed by atoms with van der Waals surface area (Å²) in [5, 5.41) is 1.92. The highest BCUT2D eigenvalue weighted by Gasteiger charge is 2.10. The van der Waals surface area contributed by atoms with Crippen LogP contribution in [0.15, 0.2) is 24.4 Å². The Hall–Kier alpha value is -0.800. The minimum Gasteiger partial charge on any atom is -0.360 e. The van der Waals surface area contributed by atoms with Gasteiger partial charge in [0.05, 0.1) is 5.33 Å². The molecular formula is C10H7BrClNO. The molecule has 0 aliphatic heterocycles. The molecule has 0 saturated heterocycles. The van der Waals surface area contributed by atoms with Crippen molar-refractivity contribution < 1.29 is 4.79 Å². The second-order valence-corrected chi connectivity index (χ2v) is 3.95. The molecule has 1 aromatic heterocycles. The number of nitrogens with one attached hydrogen (secondary N) is 1. The monoisotopic (exact) mass is 271 g/mol. The second kappa shape index (κ2) is 3.75. The number of alkyl halides is 1. The van der Waals surface area contributed by atoms with Crippen molar-refractivity contribution in [2.45, 2.75) is 0 Å². The van der Waals surface area contributed by atoms with Crippen molar-refractivity contribution in [2.24, 2.45) is 0 Å². The smallest absolute Gasteiger partial charge is 0.175 e. The lowest BCUT2D eigenvalue weighted by Gasteiger charge is -1.94. The van der Waals surface area contributed by atoms with Crippen LogP contribution in [0.3, 0.4) is 0 Å². The van der Waals surface area contributed by atoms with Crippen LogP contribution in [-0.4, -0.2) is 16.1 Å². The zero-order valence-electron chi connectivity index (χ0n) is 7.18. The highest BCUT2D eigenvalue weighted by Crippen LogP contribution is 2.22. The van der Waals surface area contributed by atoms with E-state index in [1.807, 2.05) is 12.1 Å². The van der Waals surface area contributed by atoms with Crippen LogP contribution in [0.5, 0.6) is 0 Å². The summed E-state index contributed by atoms with van der Waals surface area (Å²) in [7, 11) is 0. The van der Waals surface area contributed by atoms with Gasteiger partial charge in [0.1, 0.15) is 0 Å². The number of aromatic amines is 1. The maximum atomic E-state index is 11.5. The molecular weight excluding hydrogens is 265 g/mol. The Labute approximate surface area is 94.4 Å². The van der Waals surface area contributed by atoms with Crippen LogP contribution < -0.4 is 0 Å². The van der Waals surface area contributed by atoms with Gasteiger partial charge in [-0.05, 0) is 12.1 Å². The average molecular weight is 273 g/mol. The molecule has 0 radical (unpaired) electrons. The maximum Gasteiger partial charge on any atom is 0.175 e. The van der Waals surface area contributed by atoms with Crippen molar-refractivity contribution in [2.75, 3.05) is 5.33 Å². The van der Waals surface area contributed by atoms with Crippen molar-refractivity contribution in [1.29, 1.82) is 0 Å². The number of rotatable bonds is 2. The quantitative estimate of drug-likeness (QED) is 0.659. The third-order valence-electron chi connectivity index (χ3n) is 2.07. The van der Waals surface area contributed by atoms with E-state index in [1.54, 1.807) is 12.3 Å². The molecule has 0 spiro atoms. The molecule has 0 aliphatic carbocycles. The van der Waals surface area contributed by atoms with Gasteiger partial charge in [0, 0.05) is 27.7 Å². The summed E-state index contributed by atoms with van der Waals surface area (Å²) in [5.41, 5.74) is 1.59. The number of hydrogen-bond acceptors (Lipinski definition) is 1. The van der Waals surface area contributed by atoms with E-state index in [1.165, 1.54) is 0 Å². The van der Waals surface area contributed by atoms with Crippen LogP contribution in [-0.2, 0) is 0 Å². The molecule has 0 unspecified atom stereocenters. The number of aromatic nitrogens is 1. The number of carbonyl (C=O) groups is 1. The number of benzene rings is 1. The zero-order valence-corrected chi connectivity index (χ0v) is 9.52. The molecule has 4 heteroatoms. The van der Waals surface area contributed by atoms with Crippen LogP contribution in [0.25, 0.3) is 10.9 Å². The number of halogens is 2. The summed E-state index contributed by atoms with van der Waals surface area (Å²) in [6.07, 6.45) is 1.71. The van der Waals surface area contributed by atoms with E-state index in [-0.39, 0.29) is 5.78 Å². The first-order chi connectivity index (χ1) is 6.72. The van der Waals surface area contributed by atoms with Crippen molar-refractivity contribution in [3.8, 4) is 0 Å². The van der Waals surface area contributed by atoms with Crippen LogP contribution in [0, 0.1) is 0 Å². The second-order valence-electron chi connectivity index (χ2n) is 2.95. The van der Waals surface area contributed by atoms with Gasteiger partial charge in [-0.1, -0.05) is 33.6 Å². The predicted molar refractivity (Wildman–Crippen MR) is 61.4 cm³/mol. The SMILES string of the molecule is O=C(CBr)c1c[nH]c2cc(Cl)ccc12. The molecule has 0 bridgehead atoms. The van der Waals surface area contributed by atoms with Gasteiger partial charge in [0.15, 0.2) is 5.78 Å². The summed E-state index contributed by atoms with van der Waals surface area (Å²) in [4.78, 5) is 14.5. The molecule has 2 nitrogen and oxygen atoms in total. The number of H-pyrrole nitrogens is 1. The Morgan fingerprint density at radius 2 is 2.29 bits per heavy atom. The molecule has 1 N–H and O–H groups in total. The van der Waals surface area contributed by atoms with E-state index < -0.39 is 0 Å². The molecule has 0 amide bonds. The van der Waals surface area contributed by atoms with Crippen molar-refractivity contribution in [3.05, 3.63) is 35.0 Å². The Morgan fingerprint density at radius 1 is 1.50 bits per heavy atom. The van der Waals surface area contributed by atoms with E-state index in [2.05, 4.69) is 20.9 Å². The molecule has 0 saturated carbocycles. The molecule has 14 heavy (non-hydrogen) atoms. The van der Waals surface area contributed by atoms with E-state index >= 15 is 0 Å². The molecule has 0 aliphatic rings. The first-order valence-electron chi connectivity index (χ1n) is 4.08. The van der Waals surface area contributed by atoms with Crippen LogP contribution in [0.4, 0.5) is 0 Å². The number of hydrogen-bond donors (Lipinski definition) is 1. The first kappa shape index (κ1) is 9.74. The van der Waals surface area contributed by atoms with Gasteiger partial charge in [0.2, 0.25) is 0 Å². The van der Waals surface area contributed by atoms with Crippen LogP contribution in [0.2, 0.25) is 5.02 Å². The number of Topliss-reactive ketones (excluding diaryl/α,β-unsaturated/α-hetero) is 1. The van der Waals surface area contributed by atoms with Gasteiger partial charge >= 0.3 is 0 Å². The summed E-state index contributed by atoms with van der Waals surface area (Å²) < 4.78 is 0.